The summed E-state index contributed by atoms with van der Waals surface area (Å²) in [5.74, 6) is 3.33. The number of aliphatic imine (C=N–C) groups is 2. The number of amidine groups is 2. The molecule has 0 rings (SSSR count). The smallest absolute Gasteiger partial charge is 0.408 e. The van der Waals surface area contributed by atoms with Crippen LogP contribution in [-0.2, 0) is 14.3 Å². The number of carboxylic acid groups (broad SMARTS) is 1. The van der Waals surface area contributed by atoms with Crippen LogP contribution in [0, 0.1) is 0 Å². The highest BCUT2D eigenvalue weighted by atomic mass is 35.5. The number of ether oxygens (including phenoxy) is 1. The summed E-state index contributed by atoms with van der Waals surface area (Å²) in [7, 11) is 0. The molecular formula is C22H48Cl4N6O5S2. The molecule has 0 aliphatic rings. The number of rotatable bonds is 15. The fraction of sp³-hybridized carbons (Fsp3) is 0.773. The van der Waals surface area contributed by atoms with E-state index in [4.69, 9.17) is 27.0 Å². The third-order valence-corrected chi connectivity index (χ3v) is 5.81. The minimum absolute atomic E-state index is 0. The van der Waals surface area contributed by atoms with Crippen LogP contribution in [0.1, 0.15) is 54.4 Å². The lowest BCUT2D eigenvalue weighted by Gasteiger charge is -2.22. The molecule has 0 aromatic carbocycles. The molecular weight excluding hydrogens is 634 g/mol. The number of carbonyl (C=O) groups excluding carboxylic acids is 2. The van der Waals surface area contributed by atoms with Crippen molar-refractivity contribution in [2.45, 2.75) is 72.1 Å². The molecule has 236 valence electrons. The van der Waals surface area contributed by atoms with Gasteiger partial charge in [-0.15, -0.1) is 49.6 Å². The van der Waals surface area contributed by atoms with Crippen molar-refractivity contribution in [3.63, 3.8) is 0 Å². The van der Waals surface area contributed by atoms with E-state index in [0.29, 0.717) is 37.6 Å². The van der Waals surface area contributed by atoms with Crippen LogP contribution < -0.4 is 22.5 Å². The SMILES string of the molecule is CC(=O)[C@H](CCSCCN=C(C)N)NC(=O)OC(C)(C)C.CC(N)=NCCSCC[C@H](N)C(=O)O.Cl.Cl.Cl.Cl. The van der Waals surface area contributed by atoms with Crippen LogP contribution in [0.4, 0.5) is 4.79 Å². The lowest BCUT2D eigenvalue weighted by molar-refractivity contribution is -0.138. The van der Waals surface area contributed by atoms with Gasteiger partial charge in [-0.3, -0.25) is 19.6 Å². The summed E-state index contributed by atoms with van der Waals surface area (Å²) in [6.07, 6.45) is 0.506. The van der Waals surface area contributed by atoms with Crippen molar-refractivity contribution < 1.29 is 24.2 Å². The molecule has 0 aromatic heterocycles. The number of halogens is 4. The van der Waals surface area contributed by atoms with Crippen molar-refractivity contribution in [2.24, 2.45) is 27.2 Å². The number of ketones is 1. The highest BCUT2D eigenvalue weighted by molar-refractivity contribution is 7.99. The molecule has 0 heterocycles. The first-order valence-electron chi connectivity index (χ1n) is 11.3. The summed E-state index contributed by atoms with van der Waals surface area (Å²) in [5.41, 5.74) is 15.5. The van der Waals surface area contributed by atoms with Gasteiger partial charge in [0, 0.05) is 24.6 Å². The number of alkyl carbamates (subject to hydrolysis) is 1. The van der Waals surface area contributed by atoms with Crippen LogP contribution in [0.5, 0.6) is 0 Å². The van der Waals surface area contributed by atoms with E-state index in [1.807, 2.05) is 0 Å². The molecule has 8 N–H and O–H groups in total. The monoisotopic (exact) mass is 680 g/mol. The third kappa shape index (κ3) is 39.4. The number of carbonyl (C=O) groups is 3. The number of nitrogens with one attached hydrogen (secondary N) is 1. The standard InChI is InChI=1S/C14H27N3O3S.C8H17N3O2S.4ClH/c1-10(18)12(17-13(19)20-14(3,4)5)6-8-21-9-7-16-11(2)15;1-6(9)11-3-5-14-4-2-7(10)8(12)13;;;;/h12H,6-9H2,1-5H3,(H2,15,16)(H,17,19);7H,2-5,10H2,1H3,(H2,9,11)(H,12,13);4*1H/t12-;7-;;;;/m00..../s1. The summed E-state index contributed by atoms with van der Waals surface area (Å²) < 4.78 is 5.15. The number of thioether (sulfide) groups is 2. The van der Waals surface area contributed by atoms with Gasteiger partial charge in [-0.25, -0.2) is 4.79 Å². The molecule has 0 spiro atoms. The van der Waals surface area contributed by atoms with Gasteiger partial charge >= 0.3 is 12.1 Å². The Morgan fingerprint density at radius 2 is 1.26 bits per heavy atom. The molecule has 0 radical (unpaired) electrons. The average Bonchev–Trinajstić information content (AvgIpc) is 2.70. The van der Waals surface area contributed by atoms with Gasteiger partial charge in [-0.05, 0) is 65.9 Å². The van der Waals surface area contributed by atoms with E-state index < -0.39 is 29.7 Å². The molecule has 0 bridgehead atoms. The molecule has 0 aromatic rings. The maximum atomic E-state index is 11.7. The zero-order valence-corrected chi connectivity index (χ0v) is 28.4. The normalized spacial score (nSPS) is 12.4. The Bertz CT molecular complexity index is 709. The molecule has 1 amide bonds. The highest BCUT2D eigenvalue weighted by Crippen LogP contribution is 2.09. The summed E-state index contributed by atoms with van der Waals surface area (Å²) in [5, 5.41) is 11.1. The third-order valence-electron chi connectivity index (χ3n) is 3.82. The van der Waals surface area contributed by atoms with Gasteiger partial charge in [0.1, 0.15) is 11.6 Å². The van der Waals surface area contributed by atoms with Crippen molar-refractivity contribution in [1.82, 2.24) is 5.32 Å². The molecule has 0 saturated carbocycles. The van der Waals surface area contributed by atoms with Crippen LogP contribution in [0.15, 0.2) is 9.98 Å². The van der Waals surface area contributed by atoms with Gasteiger partial charge in [0.2, 0.25) is 0 Å². The van der Waals surface area contributed by atoms with Crippen molar-refractivity contribution in [3.8, 4) is 0 Å². The number of nitrogens with zero attached hydrogens (tertiary/aromatic N) is 2. The maximum Gasteiger partial charge on any atom is 0.408 e. The molecule has 11 nitrogen and oxygen atoms in total. The van der Waals surface area contributed by atoms with Crippen LogP contribution in [0.2, 0.25) is 0 Å². The molecule has 0 aliphatic heterocycles. The molecule has 0 aliphatic carbocycles. The lowest BCUT2D eigenvalue weighted by Crippen LogP contribution is -2.43. The summed E-state index contributed by atoms with van der Waals surface area (Å²) >= 11 is 3.31. The Kier molecular flexibility index (Phi) is 39.4. The molecule has 0 saturated heterocycles. The molecule has 0 unspecified atom stereocenters. The van der Waals surface area contributed by atoms with Gasteiger partial charge in [-0.1, -0.05) is 0 Å². The number of hydrogen-bond donors (Lipinski definition) is 5. The minimum Gasteiger partial charge on any atom is -0.480 e. The van der Waals surface area contributed by atoms with E-state index in [-0.39, 0.29) is 55.4 Å². The second-order valence-electron chi connectivity index (χ2n) is 8.60. The Morgan fingerprint density at radius 1 is 0.846 bits per heavy atom. The fourth-order valence-electron chi connectivity index (χ4n) is 2.14. The van der Waals surface area contributed by atoms with E-state index in [1.165, 1.54) is 6.92 Å². The van der Waals surface area contributed by atoms with Crippen LogP contribution in [0.3, 0.4) is 0 Å². The second-order valence-corrected chi connectivity index (χ2v) is 11.1. The number of hydrogen-bond acceptors (Lipinski definition) is 9. The topological polar surface area (TPSA) is 195 Å². The number of carboxylic acids is 1. The van der Waals surface area contributed by atoms with Crippen LogP contribution >= 0.6 is 73.2 Å². The largest absolute Gasteiger partial charge is 0.480 e. The fourth-order valence-corrected chi connectivity index (χ4v) is 3.81. The zero-order valence-electron chi connectivity index (χ0n) is 23.5. The van der Waals surface area contributed by atoms with Crippen molar-refractivity contribution in [2.75, 3.05) is 36.1 Å². The van der Waals surface area contributed by atoms with E-state index in [1.54, 1.807) is 58.1 Å². The van der Waals surface area contributed by atoms with Gasteiger partial charge in [0.25, 0.3) is 0 Å². The quantitative estimate of drug-likeness (QED) is 0.0968. The van der Waals surface area contributed by atoms with Crippen molar-refractivity contribution in [3.05, 3.63) is 0 Å². The molecule has 2 atom stereocenters. The summed E-state index contributed by atoms with van der Waals surface area (Å²) in [6.45, 7) is 11.6. The number of Topliss-reactive ketones (excluding diaryl/α,β-unsaturated/α-hetero) is 1. The van der Waals surface area contributed by atoms with E-state index >= 15 is 0 Å². The first kappa shape index (κ1) is 51.0. The van der Waals surface area contributed by atoms with E-state index in [0.717, 1.165) is 23.0 Å². The molecule has 39 heavy (non-hydrogen) atoms. The van der Waals surface area contributed by atoms with Gasteiger partial charge in [0.05, 0.1) is 17.7 Å². The van der Waals surface area contributed by atoms with Crippen LogP contribution in [-0.4, -0.2) is 88.4 Å². The average molecular weight is 683 g/mol. The summed E-state index contributed by atoms with van der Waals surface area (Å²) in [4.78, 5) is 41.6. The zero-order chi connectivity index (χ0) is 27.4. The predicted octanol–water partition coefficient (Wildman–Crippen LogP) is 3.56. The summed E-state index contributed by atoms with van der Waals surface area (Å²) in [6, 6.07) is -1.26. The van der Waals surface area contributed by atoms with Gasteiger partial charge in [-0.2, -0.15) is 23.5 Å². The molecule has 17 heteroatoms. The lowest BCUT2D eigenvalue weighted by atomic mass is 10.1. The Balaban J connectivity index is -0.000000135. The van der Waals surface area contributed by atoms with Crippen LogP contribution in [0.25, 0.3) is 0 Å². The van der Waals surface area contributed by atoms with E-state index in [9.17, 15) is 14.4 Å². The first-order valence-corrected chi connectivity index (χ1v) is 13.6. The maximum absolute atomic E-state index is 11.7. The Hall–Kier alpha value is -0.830. The van der Waals surface area contributed by atoms with Gasteiger partial charge in [0.15, 0.2) is 5.78 Å². The Labute approximate surface area is 266 Å². The molecule has 0 fully saturated rings. The predicted molar refractivity (Wildman–Crippen MR) is 177 cm³/mol. The van der Waals surface area contributed by atoms with Crippen molar-refractivity contribution in [1.29, 1.82) is 0 Å². The minimum atomic E-state index is -0.943. The number of nitrogens with two attached hydrogens (primary N) is 3. The number of aliphatic carboxylic acids is 1. The second kappa shape index (κ2) is 30.1. The highest BCUT2D eigenvalue weighted by Gasteiger charge is 2.21. The number of amides is 1. The van der Waals surface area contributed by atoms with Crippen molar-refractivity contribution >= 4 is 103 Å². The van der Waals surface area contributed by atoms with E-state index in [2.05, 4.69) is 15.3 Å². The first-order chi connectivity index (χ1) is 16.2. The van der Waals surface area contributed by atoms with Gasteiger partial charge < -0.3 is 32.4 Å². The Morgan fingerprint density at radius 3 is 1.59 bits per heavy atom.